The number of rotatable bonds is 5. The summed E-state index contributed by atoms with van der Waals surface area (Å²) < 4.78 is 9.29. The Labute approximate surface area is 101 Å². The molecule has 1 aliphatic rings. The summed E-state index contributed by atoms with van der Waals surface area (Å²) in [5.74, 6) is -0.655. The highest BCUT2D eigenvalue weighted by Gasteiger charge is 2.25. The molecule has 88 valence electrons. The lowest BCUT2D eigenvalue weighted by Crippen LogP contribution is -2.27. The second-order valence-corrected chi connectivity index (χ2v) is 3.33. The number of carbonyl (C=O) groups is 2. The lowest BCUT2D eigenvalue weighted by atomic mass is 10.3. The molecule has 0 aliphatic carbocycles. The third kappa shape index (κ3) is 3.06. The van der Waals surface area contributed by atoms with Gasteiger partial charge in [0.25, 0.3) is 11.8 Å². The van der Waals surface area contributed by atoms with E-state index in [-0.39, 0.29) is 0 Å². The molecule has 2 rings (SSSR count). The van der Waals surface area contributed by atoms with Crippen molar-refractivity contribution in [2.24, 2.45) is 0 Å². The maximum absolute atomic E-state index is 11.0. The van der Waals surface area contributed by atoms with Crippen LogP contribution in [-0.4, -0.2) is 16.9 Å². The number of amides is 2. The monoisotopic (exact) mass is 253 g/mol. The minimum absolute atomic E-state index is 0.375. The molecule has 2 amide bonds. The number of hydrogen-bond acceptors (Lipinski definition) is 6. The Kier molecular flexibility index (Phi) is 3.76. The van der Waals surface area contributed by atoms with Crippen molar-refractivity contribution in [1.82, 2.24) is 5.06 Å². The van der Waals surface area contributed by atoms with Crippen LogP contribution in [0.4, 0.5) is 0 Å². The predicted molar refractivity (Wildman–Crippen MR) is 57.8 cm³/mol. The van der Waals surface area contributed by atoms with E-state index in [9.17, 15) is 9.59 Å². The predicted octanol–water partition coefficient (Wildman–Crippen LogP) is 1.42. The first-order valence-electron chi connectivity index (χ1n) is 4.56. The Hall–Kier alpha value is -1.83. The zero-order valence-electron chi connectivity index (χ0n) is 8.44. The van der Waals surface area contributed by atoms with E-state index in [4.69, 9.17) is 9.17 Å². The Balaban J connectivity index is 1.70. The van der Waals surface area contributed by atoms with Gasteiger partial charge >= 0.3 is 0 Å². The summed E-state index contributed by atoms with van der Waals surface area (Å²) in [6, 6.07) is 8.70. The number of hydroxylamine groups is 2. The largest absolute Gasteiger partial charge is 0.323 e. The van der Waals surface area contributed by atoms with Gasteiger partial charge in [0.15, 0.2) is 5.75 Å². The topological polar surface area (TPSA) is 65.1 Å². The minimum Gasteiger partial charge on any atom is -0.323 e. The van der Waals surface area contributed by atoms with Gasteiger partial charge in [-0.25, -0.2) is 0 Å². The van der Waals surface area contributed by atoms with Crippen LogP contribution in [0.5, 0.6) is 5.75 Å². The zero-order chi connectivity index (χ0) is 12.1. The zero-order valence-corrected chi connectivity index (χ0v) is 9.25. The lowest BCUT2D eigenvalue weighted by Gasteiger charge is -2.09. The molecule has 1 aliphatic heterocycles. The number of para-hydroxylation sites is 1. The molecule has 7 heteroatoms. The van der Waals surface area contributed by atoms with Crippen molar-refractivity contribution < 1.29 is 23.1 Å². The maximum Gasteiger partial charge on any atom is 0.279 e. The first-order valence-corrected chi connectivity index (χ1v) is 5.23. The van der Waals surface area contributed by atoms with Gasteiger partial charge in [0.2, 0.25) is 12.3 Å². The molecule has 0 spiro atoms. The Morgan fingerprint density at radius 3 is 2.29 bits per heavy atom. The van der Waals surface area contributed by atoms with Crippen molar-refractivity contribution in [2.45, 2.75) is 0 Å². The molecule has 0 atom stereocenters. The first kappa shape index (κ1) is 11.6. The van der Waals surface area contributed by atoms with Crippen molar-refractivity contribution in [1.29, 1.82) is 0 Å². The van der Waals surface area contributed by atoms with E-state index < -0.39 is 11.8 Å². The SMILES string of the molecule is O=C1C=CC(=O)N1OSOOc1ccccc1. The van der Waals surface area contributed by atoms with E-state index in [1.54, 1.807) is 24.3 Å². The van der Waals surface area contributed by atoms with E-state index in [2.05, 4.69) is 4.33 Å². The third-order valence-electron chi connectivity index (χ3n) is 1.78. The number of hydrogen-bond donors (Lipinski definition) is 0. The van der Waals surface area contributed by atoms with Crippen molar-refractivity contribution in [3.63, 3.8) is 0 Å². The fraction of sp³-hybridized carbons (Fsp3) is 0. The van der Waals surface area contributed by atoms with Gasteiger partial charge in [-0.1, -0.05) is 22.5 Å². The van der Waals surface area contributed by atoms with Crippen LogP contribution in [0.3, 0.4) is 0 Å². The van der Waals surface area contributed by atoms with Crippen LogP contribution in [0.2, 0.25) is 0 Å². The Bertz CT molecular complexity index is 429. The van der Waals surface area contributed by atoms with Gasteiger partial charge in [0.1, 0.15) is 0 Å². The van der Waals surface area contributed by atoms with E-state index in [0.29, 0.717) is 23.1 Å². The first-order chi connectivity index (χ1) is 8.27. The highest BCUT2D eigenvalue weighted by Crippen LogP contribution is 2.16. The van der Waals surface area contributed by atoms with Crippen LogP contribution in [0, 0.1) is 0 Å². The average molecular weight is 253 g/mol. The average Bonchev–Trinajstić information content (AvgIpc) is 2.67. The molecule has 0 aromatic heterocycles. The highest BCUT2D eigenvalue weighted by molar-refractivity contribution is 7.89. The molecule has 0 N–H and O–H groups in total. The second kappa shape index (κ2) is 5.48. The van der Waals surface area contributed by atoms with E-state index >= 15 is 0 Å². The van der Waals surface area contributed by atoms with Crippen LogP contribution in [0.25, 0.3) is 0 Å². The van der Waals surface area contributed by atoms with Crippen LogP contribution in [0.15, 0.2) is 42.5 Å². The maximum atomic E-state index is 11.0. The van der Waals surface area contributed by atoms with Gasteiger partial charge in [-0.05, 0) is 12.1 Å². The summed E-state index contributed by atoms with van der Waals surface area (Å²) >= 11 is 0.375. The Morgan fingerprint density at radius 1 is 1.00 bits per heavy atom. The molecular weight excluding hydrogens is 246 g/mol. The number of nitrogens with zero attached hydrogens (tertiary/aromatic N) is 1. The molecule has 1 aromatic carbocycles. The van der Waals surface area contributed by atoms with Crippen molar-refractivity contribution in [3.8, 4) is 5.75 Å². The molecule has 0 unspecified atom stereocenters. The van der Waals surface area contributed by atoms with Crippen LogP contribution in [-0.2, 0) is 18.2 Å². The van der Waals surface area contributed by atoms with Gasteiger partial charge in [0, 0.05) is 12.2 Å². The second-order valence-electron chi connectivity index (χ2n) is 2.91. The summed E-state index contributed by atoms with van der Waals surface area (Å²) in [6.45, 7) is 0. The van der Waals surface area contributed by atoms with Gasteiger partial charge in [-0.15, -0.1) is 5.06 Å². The van der Waals surface area contributed by atoms with Gasteiger partial charge < -0.3 is 4.89 Å². The Morgan fingerprint density at radius 2 is 1.65 bits per heavy atom. The van der Waals surface area contributed by atoms with E-state index in [1.807, 2.05) is 6.07 Å². The summed E-state index contributed by atoms with van der Waals surface area (Å²) in [5, 5.41) is 0.555. The summed E-state index contributed by atoms with van der Waals surface area (Å²) in [6.07, 6.45) is 2.20. The van der Waals surface area contributed by atoms with Gasteiger partial charge in [-0.2, -0.15) is 4.28 Å². The van der Waals surface area contributed by atoms with Crippen molar-refractivity contribution in [2.75, 3.05) is 0 Å². The summed E-state index contributed by atoms with van der Waals surface area (Å²) in [4.78, 5) is 26.9. The molecule has 0 saturated heterocycles. The standard InChI is InChI=1S/C10H7NO5S/c12-9-6-7-10(13)11(9)15-17-16-14-8-4-2-1-3-5-8/h1-7H. The van der Waals surface area contributed by atoms with Gasteiger partial charge in [-0.3, -0.25) is 9.59 Å². The third-order valence-corrected chi connectivity index (χ3v) is 2.11. The van der Waals surface area contributed by atoms with Crippen LogP contribution in [0.1, 0.15) is 0 Å². The molecule has 0 fully saturated rings. The normalized spacial score (nSPS) is 14.5. The molecule has 1 aromatic rings. The summed E-state index contributed by atoms with van der Waals surface area (Å²) in [5.41, 5.74) is 0. The minimum atomic E-state index is -0.564. The molecule has 6 nitrogen and oxygen atoms in total. The smallest absolute Gasteiger partial charge is 0.279 e. The molecule has 0 saturated carbocycles. The molecule has 0 radical (unpaired) electrons. The number of benzene rings is 1. The van der Waals surface area contributed by atoms with Crippen molar-refractivity contribution in [3.05, 3.63) is 42.5 Å². The summed E-state index contributed by atoms with van der Waals surface area (Å²) in [7, 11) is 0. The fourth-order valence-electron chi connectivity index (χ4n) is 1.03. The molecule has 1 heterocycles. The molecule has 17 heavy (non-hydrogen) atoms. The van der Waals surface area contributed by atoms with E-state index in [0.717, 1.165) is 12.2 Å². The van der Waals surface area contributed by atoms with Gasteiger partial charge in [0.05, 0.1) is 0 Å². The fourth-order valence-corrected chi connectivity index (χ4v) is 1.37. The van der Waals surface area contributed by atoms with Crippen molar-refractivity contribution >= 4 is 24.1 Å². The molecular formula is C10H7NO5S. The molecule has 0 bridgehead atoms. The number of carbonyl (C=O) groups excluding carboxylic acids is 2. The van der Waals surface area contributed by atoms with Crippen LogP contribution >= 0.6 is 12.3 Å². The quantitative estimate of drug-likeness (QED) is 0.260. The van der Waals surface area contributed by atoms with E-state index in [1.165, 1.54) is 0 Å². The van der Waals surface area contributed by atoms with Crippen LogP contribution < -0.4 is 4.89 Å². The lowest BCUT2D eigenvalue weighted by molar-refractivity contribution is -0.165. The highest BCUT2D eigenvalue weighted by atomic mass is 32.2. The number of imide groups is 1.